The van der Waals surface area contributed by atoms with E-state index in [0.717, 1.165) is 11.1 Å². The molecule has 170 valence electrons. The van der Waals surface area contributed by atoms with Gasteiger partial charge in [0.25, 0.3) is 0 Å². The van der Waals surface area contributed by atoms with Crippen LogP contribution in [0, 0.1) is 5.82 Å². The molecule has 33 heavy (non-hydrogen) atoms. The van der Waals surface area contributed by atoms with Gasteiger partial charge in [-0.15, -0.1) is 0 Å². The van der Waals surface area contributed by atoms with Crippen LogP contribution >= 0.6 is 23.2 Å². The molecule has 11 heteroatoms. The summed E-state index contributed by atoms with van der Waals surface area (Å²) in [7, 11) is 11.9. The fraction of sp³-hybridized carbons (Fsp3) is 0.364. The summed E-state index contributed by atoms with van der Waals surface area (Å²) in [6.45, 7) is 6.32. The van der Waals surface area contributed by atoms with E-state index in [1.54, 1.807) is 25.4 Å². The number of nitrogen functional groups attached to an aromatic ring is 1. The Bertz CT molecular complexity index is 1130. The maximum absolute atomic E-state index is 13.9. The van der Waals surface area contributed by atoms with Crippen LogP contribution in [-0.2, 0) is 0 Å². The van der Waals surface area contributed by atoms with Gasteiger partial charge in [0, 0.05) is 40.7 Å². The van der Waals surface area contributed by atoms with Gasteiger partial charge in [0.05, 0.1) is 33.0 Å². The van der Waals surface area contributed by atoms with Crippen LogP contribution in [0.5, 0.6) is 5.75 Å². The number of ether oxygens (including phenoxy) is 1. The number of nitrogens with zero attached hydrogens (tertiary/aromatic N) is 3. The topological polar surface area (TPSA) is 78.0 Å². The van der Waals surface area contributed by atoms with Gasteiger partial charge >= 0.3 is 0 Å². The quantitative estimate of drug-likeness (QED) is 0.406. The molecular formula is C22H24B2Cl2FN5O. The molecule has 3 aromatic rings. The summed E-state index contributed by atoms with van der Waals surface area (Å²) in [6.07, 6.45) is 5.11. The maximum Gasteiger partial charge on any atom is 0.166 e. The molecular weight excluding hydrogens is 462 g/mol. The maximum atomic E-state index is 13.9. The first-order valence-electron chi connectivity index (χ1n) is 10.6. The summed E-state index contributed by atoms with van der Waals surface area (Å²) in [5.41, 5.74) is 7.90. The Labute approximate surface area is 205 Å². The SMILES string of the molecule is CC.[B]C1([B])CC(n2cc(-c3cnc(N)c(OC(C)c4c(Cl)ccc(F)c4Cl)c3)cn2)CN1. The van der Waals surface area contributed by atoms with Crippen molar-refractivity contribution in [2.75, 3.05) is 12.3 Å². The third kappa shape index (κ3) is 5.65. The second-order valence-corrected chi connectivity index (χ2v) is 8.40. The molecule has 2 atom stereocenters. The number of nitrogens with one attached hydrogen (secondary N) is 1. The second-order valence-electron chi connectivity index (χ2n) is 7.61. The number of rotatable bonds is 5. The highest BCUT2D eigenvalue weighted by atomic mass is 35.5. The highest BCUT2D eigenvalue weighted by Crippen LogP contribution is 2.37. The molecule has 3 N–H and O–H groups in total. The predicted octanol–water partition coefficient (Wildman–Crippen LogP) is 4.66. The second kappa shape index (κ2) is 10.4. The van der Waals surface area contributed by atoms with E-state index in [4.69, 9.17) is 49.4 Å². The lowest BCUT2D eigenvalue weighted by molar-refractivity contribution is 0.227. The Morgan fingerprint density at radius 3 is 2.67 bits per heavy atom. The number of halogens is 3. The van der Waals surface area contributed by atoms with E-state index < -0.39 is 17.3 Å². The minimum Gasteiger partial charge on any atom is -0.482 e. The van der Waals surface area contributed by atoms with Crippen molar-refractivity contribution in [2.24, 2.45) is 0 Å². The molecule has 1 aliphatic heterocycles. The van der Waals surface area contributed by atoms with Gasteiger partial charge in [0.2, 0.25) is 0 Å². The summed E-state index contributed by atoms with van der Waals surface area (Å²) in [6, 6.07) is 4.41. The first-order chi connectivity index (χ1) is 15.6. The fourth-order valence-electron chi connectivity index (χ4n) is 3.59. The van der Waals surface area contributed by atoms with E-state index in [1.165, 1.54) is 12.1 Å². The first-order valence-corrected chi connectivity index (χ1v) is 11.3. The average molecular weight is 486 g/mol. The Kier molecular flexibility index (Phi) is 7.98. The standard InChI is InChI=1S/C20H18B2Cl2FN5O.C2H6/c1-10(17-14(23)2-3-15(25)18(17)24)31-16-4-11(6-27-19(16)26)12-7-29-30(9-12)13-5-20(21,22)28-8-13;1-2/h2-4,6-7,9-10,13,28H,5,8H2,1H3,(H2,26,27);1-2H3. The number of nitrogens with two attached hydrogens (primary N) is 1. The van der Waals surface area contributed by atoms with Crippen molar-refractivity contribution in [2.45, 2.75) is 44.7 Å². The van der Waals surface area contributed by atoms with Crippen LogP contribution in [0.1, 0.15) is 44.9 Å². The van der Waals surface area contributed by atoms with Gasteiger partial charge in [0.1, 0.15) is 11.9 Å². The van der Waals surface area contributed by atoms with Crippen molar-refractivity contribution in [1.29, 1.82) is 0 Å². The van der Waals surface area contributed by atoms with Crippen molar-refractivity contribution < 1.29 is 9.13 Å². The highest BCUT2D eigenvalue weighted by Gasteiger charge is 2.30. The van der Waals surface area contributed by atoms with E-state index >= 15 is 0 Å². The van der Waals surface area contributed by atoms with Gasteiger partial charge in [-0.3, -0.25) is 4.68 Å². The summed E-state index contributed by atoms with van der Waals surface area (Å²) in [5.74, 6) is -0.0774. The zero-order valence-corrected chi connectivity index (χ0v) is 20.2. The Balaban J connectivity index is 0.00000149. The predicted molar refractivity (Wildman–Crippen MR) is 133 cm³/mol. The molecule has 0 amide bonds. The summed E-state index contributed by atoms with van der Waals surface area (Å²) in [4.78, 5) is 4.22. The van der Waals surface area contributed by atoms with Crippen LogP contribution in [0.4, 0.5) is 10.2 Å². The van der Waals surface area contributed by atoms with Gasteiger partial charge in [-0.05, 0) is 31.5 Å². The van der Waals surface area contributed by atoms with E-state index in [0.29, 0.717) is 29.3 Å². The van der Waals surface area contributed by atoms with Crippen LogP contribution < -0.4 is 15.8 Å². The Morgan fingerprint density at radius 2 is 2.00 bits per heavy atom. The minimum absolute atomic E-state index is 0.0403. The van der Waals surface area contributed by atoms with Crippen molar-refractivity contribution in [1.82, 2.24) is 20.1 Å². The molecule has 0 bridgehead atoms. The summed E-state index contributed by atoms with van der Waals surface area (Å²) >= 11 is 12.3. The lowest BCUT2D eigenvalue weighted by atomic mass is 9.61. The monoisotopic (exact) mass is 485 g/mol. The van der Waals surface area contributed by atoms with Crippen LogP contribution in [0.15, 0.2) is 36.8 Å². The van der Waals surface area contributed by atoms with Gasteiger partial charge < -0.3 is 15.8 Å². The van der Waals surface area contributed by atoms with E-state index in [2.05, 4.69) is 15.4 Å². The molecule has 0 spiro atoms. The molecule has 3 heterocycles. The van der Waals surface area contributed by atoms with Crippen molar-refractivity contribution in [3.8, 4) is 16.9 Å². The summed E-state index contributed by atoms with van der Waals surface area (Å²) < 4.78 is 21.7. The van der Waals surface area contributed by atoms with Gasteiger partial charge in [-0.25, -0.2) is 9.37 Å². The third-order valence-corrected chi connectivity index (χ3v) is 5.93. The lowest BCUT2D eigenvalue weighted by Gasteiger charge is -2.19. The molecule has 0 aliphatic carbocycles. The largest absolute Gasteiger partial charge is 0.482 e. The highest BCUT2D eigenvalue weighted by molar-refractivity contribution is 6.40. The molecule has 1 aromatic carbocycles. The third-order valence-electron chi connectivity index (χ3n) is 5.22. The lowest BCUT2D eigenvalue weighted by Crippen LogP contribution is -2.40. The van der Waals surface area contributed by atoms with E-state index in [1.807, 2.05) is 24.7 Å². The number of hydrogen-bond acceptors (Lipinski definition) is 5. The molecule has 0 saturated carbocycles. The Morgan fingerprint density at radius 1 is 1.27 bits per heavy atom. The fourth-order valence-corrected chi connectivity index (χ4v) is 4.27. The van der Waals surface area contributed by atoms with Crippen molar-refractivity contribution in [3.63, 3.8) is 0 Å². The molecule has 2 unspecified atom stereocenters. The minimum atomic E-state index is -0.907. The first kappa shape index (κ1) is 25.4. The molecule has 1 aliphatic rings. The van der Waals surface area contributed by atoms with Crippen molar-refractivity contribution in [3.05, 3.63) is 58.2 Å². The van der Waals surface area contributed by atoms with Crippen LogP contribution in [0.3, 0.4) is 0 Å². The van der Waals surface area contributed by atoms with Crippen LogP contribution in [0.25, 0.3) is 11.1 Å². The zero-order valence-electron chi connectivity index (χ0n) is 18.6. The number of aromatic nitrogens is 3. The zero-order chi connectivity index (χ0) is 24.3. The van der Waals surface area contributed by atoms with Crippen molar-refractivity contribution >= 4 is 44.7 Å². The molecule has 2 aromatic heterocycles. The normalized spacial score (nSPS) is 17.8. The summed E-state index contributed by atoms with van der Waals surface area (Å²) in [5, 5.41) is 6.78. The molecule has 1 fully saturated rings. The number of anilines is 1. The van der Waals surface area contributed by atoms with Gasteiger partial charge in [-0.2, -0.15) is 5.10 Å². The average Bonchev–Trinajstić information content (AvgIpc) is 3.40. The van der Waals surface area contributed by atoms with Gasteiger partial charge in [-0.1, -0.05) is 42.4 Å². The number of pyridine rings is 1. The molecule has 6 nitrogen and oxygen atoms in total. The van der Waals surface area contributed by atoms with Crippen LogP contribution in [-0.4, -0.2) is 42.3 Å². The molecule has 1 saturated heterocycles. The molecule has 4 radical (unpaired) electrons. The smallest absolute Gasteiger partial charge is 0.166 e. The number of benzene rings is 1. The van der Waals surface area contributed by atoms with E-state index in [-0.39, 0.29) is 16.9 Å². The van der Waals surface area contributed by atoms with Gasteiger partial charge in [0.15, 0.2) is 11.6 Å². The number of hydrogen-bond donors (Lipinski definition) is 2. The molecule has 4 rings (SSSR count). The van der Waals surface area contributed by atoms with Crippen LogP contribution in [0.2, 0.25) is 10.0 Å². The Hall–Kier alpha value is -2.22. The van der Waals surface area contributed by atoms with E-state index in [9.17, 15) is 4.39 Å².